The van der Waals surface area contributed by atoms with Gasteiger partial charge in [0.05, 0.1) is 5.69 Å². The molecule has 0 aliphatic carbocycles. The number of nitrogens with zero attached hydrogens (tertiary/aromatic N) is 4. The predicted molar refractivity (Wildman–Crippen MR) is 103 cm³/mol. The number of pyridine rings is 1. The van der Waals surface area contributed by atoms with E-state index in [4.69, 9.17) is 4.74 Å². The van der Waals surface area contributed by atoms with Crippen LogP contribution in [-0.2, 0) is 16.0 Å². The molecule has 27 heavy (non-hydrogen) atoms. The number of hydrogen-bond acceptors (Lipinski definition) is 4. The Kier molecular flexibility index (Phi) is 5.39. The van der Waals surface area contributed by atoms with Crippen molar-refractivity contribution in [3.63, 3.8) is 0 Å². The van der Waals surface area contributed by atoms with E-state index < -0.39 is 5.60 Å². The van der Waals surface area contributed by atoms with Gasteiger partial charge in [-0.2, -0.15) is 0 Å². The van der Waals surface area contributed by atoms with E-state index in [-0.39, 0.29) is 12.0 Å². The molecule has 1 aliphatic heterocycles. The van der Waals surface area contributed by atoms with Crippen molar-refractivity contribution in [3.8, 4) is 0 Å². The van der Waals surface area contributed by atoms with E-state index >= 15 is 0 Å². The minimum atomic E-state index is -0.504. The van der Waals surface area contributed by atoms with Crippen molar-refractivity contribution in [3.05, 3.63) is 35.8 Å². The van der Waals surface area contributed by atoms with Crippen molar-refractivity contribution in [2.24, 2.45) is 0 Å². The second-order valence-corrected chi connectivity index (χ2v) is 7.92. The van der Waals surface area contributed by atoms with E-state index in [0.29, 0.717) is 39.0 Å². The summed E-state index contributed by atoms with van der Waals surface area (Å²) in [4.78, 5) is 32.8. The van der Waals surface area contributed by atoms with E-state index in [2.05, 4.69) is 4.98 Å². The summed E-state index contributed by atoms with van der Waals surface area (Å²) in [7, 11) is 0. The molecule has 3 rings (SSSR count). The maximum Gasteiger partial charge on any atom is 0.410 e. The van der Waals surface area contributed by atoms with E-state index in [1.54, 1.807) is 4.90 Å². The predicted octanol–water partition coefficient (Wildman–Crippen LogP) is 2.65. The molecule has 1 aliphatic rings. The number of imidazole rings is 1. The Labute approximate surface area is 159 Å². The zero-order valence-corrected chi connectivity index (χ0v) is 16.6. The number of aryl methyl sites for hydroxylation is 2. The van der Waals surface area contributed by atoms with Crippen LogP contribution in [0.5, 0.6) is 0 Å². The normalized spacial score (nSPS) is 15.3. The van der Waals surface area contributed by atoms with Crippen LogP contribution in [0.1, 0.15) is 38.6 Å². The van der Waals surface area contributed by atoms with Gasteiger partial charge in [-0.15, -0.1) is 0 Å². The van der Waals surface area contributed by atoms with Crippen molar-refractivity contribution >= 4 is 17.6 Å². The van der Waals surface area contributed by atoms with Gasteiger partial charge in [0.1, 0.15) is 11.2 Å². The third kappa shape index (κ3) is 4.59. The van der Waals surface area contributed by atoms with Gasteiger partial charge in [0.2, 0.25) is 5.91 Å². The van der Waals surface area contributed by atoms with E-state index in [0.717, 1.165) is 17.0 Å². The van der Waals surface area contributed by atoms with Crippen molar-refractivity contribution in [1.82, 2.24) is 19.2 Å². The first-order valence-electron chi connectivity index (χ1n) is 9.43. The lowest BCUT2D eigenvalue weighted by Crippen LogP contribution is -2.51. The van der Waals surface area contributed by atoms with Crippen LogP contribution in [0.4, 0.5) is 4.79 Å². The molecule has 0 saturated carbocycles. The van der Waals surface area contributed by atoms with E-state index in [1.165, 1.54) is 0 Å². The van der Waals surface area contributed by atoms with Crippen LogP contribution in [0.25, 0.3) is 5.65 Å². The average Bonchev–Trinajstić information content (AvgIpc) is 2.93. The van der Waals surface area contributed by atoms with Crippen LogP contribution in [-0.4, -0.2) is 63.0 Å². The highest BCUT2D eigenvalue weighted by Crippen LogP contribution is 2.16. The van der Waals surface area contributed by atoms with Gasteiger partial charge in [0.15, 0.2) is 0 Å². The molecule has 0 atom stereocenters. The number of amides is 2. The van der Waals surface area contributed by atoms with Crippen molar-refractivity contribution in [1.29, 1.82) is 0 Å². The van der Waals surface area contributed by atoms with Crippen molar-refractivity contribution in [2.75, 3.05) is 26.2 Å². The lowest BCUT2D eigenvalue weighted by Gasteiger charge is -2.35. The lowest BCUT2D eigenvalue weighted by atomic mass is 10.1. The summed E-state index contributed by atoms with van der Waals surface area (Å²) in [6.45, 7) is 9.65. The first-order valence-corrected chi connectivity index (χ1v) is 9.43. The van der Waals surface area contributed by atoms with Crippen LogP contribution < -0.4 is 0 Å². The van der Waals surface area contributed by atoms with Crippen LogP contribution in [0.15, 0.2) is 24.4 Å². The second-order valence-electron chi connectivity index (χ2n) is 7.92. The van der Waals surface area contributed by atoms with Gasteiger partial charge in [0, 0.05) is 44.5 Å². The van der Waals surface area contributed by atoms with Crippen LogP contribution in [0, 0.1) is 6.92 Å². The quantitative estimate of drug-likeness (QED) is 0.831. The fourth-order valence-electron chi connectivity index (χ4n) is 3.31. The monoisotopic (exact) mass is 372 g/mol. The fraction of sp³-hybridized carbons (Fsp3) is 0.550. The Morgan fingerprint density at radius 2 is 1.78 bits per heavy atom. The zero-order valence-electron chi connectivity index (χ0n) is 16.6. The molecule has 0 unspecified atom stereocenters. The SMILES string of the molecule is Cc1nc2ccccn2c1CCC(=O)N1CCN(C(=O)OC(C)(C)C)CC1. The zero-order chi connectivity index (χ0) is 19.6. The Hall–Kier alpha value is -2.57. The fourth-order valence-corrected chi connectivity index (χ4v) is 3.31. The third-order valence-corrected chi connectivity index (χ3v) is 4.69. The van der Waals surface area contributed by atoms with Gasteiger partial charge in [0.25, 0.3) is 0 Å². The highest BCUT2D eigenvalue weighted by Gasteiger charge is 2.27. The number of ether oxygens (including phenoxy) is 1. The molecule has 0 N–H and O–H groups in total. The van der Waals surface area contributed by atoms with Gasteiger partial charge in [-0.25, -0.2) is 9.78 Å². The number of fused-ring (bicyclic) bond motifs is 1. The van der Waals surface area contributed by atoms with Crippen LogP contribution in [0.2, 0.25) is 0 Å². The topological polar surface area (TPSA) is 67.2 Å². The highest BCUT2D eigenvalue weighted by atomic mass is 16.6. The van der Waals surface area contributed by atoms with Gasteiger partial charge in [-0.1, -0.05) is 6.07 Å². The minimum Gasteiger partial charge on any atom is -0.444 e. The molecule has 7 nitrogen and oxygen atoms in total. The molecule has 1 saturated heterocycles. The molecular formula is C20H28N4O3. The summed E-state index contributed by atoms with van der Waals surface area (Å²) in [5.41, 5.74) is 2.44. The number of rotatable bonds is 3. The van der Waals surface area contributed by atoms with Gasteiger partial charge in [-0.3, -0.25) is 4.79 Å². The Balaban J connectivity index is 1.53. The molecule has 2 aromatic rings. The average molecular weight is 372 g/mol. The van der Waals surface area contributed by atoms with E-state index in [9.17, 15) is 9.59 Å². The van der Waals surface area contributed by atoms with Crippen LogP contribution in [0.3, 0.4) is 0 Å². The maximum absolute atomic E-state index is 12.6. The summed E-state index contributed by atoms with van der Waals surface area (Å²) in [5.74, 6) is 0.115. The first-order chi connectivity index (χ1) is 12.7. The number of piperazine rings is 1. The standard InChI is InChI=1S/C20H28N4O3/c1-15-16(24-10-6-5-7-17(24)21-15)8-9-18(25)22-11-13-23(14-12-22)19(26)27-20(2,3)4/h5-7,10H,8-9,11-14H2,1-4H3. The molecule has 0 spiro atoms. The molecule has 7 heteroatoms. The summed E-state index contributed by atoms with van der Waals surface area (Å²) in [6, 6.07) is 5.89. The number of carbonyl (C=O) groups is 2. The lowest BCUT2D eigenvalue weighted by molar-refractivity contribution is -0.132. The van der Waals surface area contributed by atoms with Crippen molar-refractivity contribution < 1.29 is 14.3 Å². The van der Waals surface area contributed by atoms with Gasteiger partial charge >= 0.3 is 6.09 Å². The summed E-state index contributed by atoms with van der Waals surface area (Å²) < 4.78 is 7.44. The maximum atomic E-state index is 12.6. The Morgan fingerprint density at radius 1 is 1.11 bits per heavy atom. The largest absolute Gasteiger partial charge is 0.444 e. The summed E-state index contributed by atoms with van der Waals surface area (Å²) >= 11 is 0. The molecule has 0 aromatic carbocycles. The van der Waals surface area contributed by atoms with Gasteiger partial charge in [-0.05, 0) is 46.2 Å². The molecule has 3 heterocycles. The third-order valence-electron chi connectivity index (χ3n) is 4.69. The Morgan fingerprint density at radius 3 is 2.44 bits per heavy atom. The molecule has 2 aromatic heterocycles. The van der Waals surface area contributed by atoms with Gasteiger partial charge < -0.3 is 18.9 Å². The van der Waals surface area contributed by atoms with E-state index in [1.807, 2.05) is 61.4 Å². The molecule has 2 amide bonds. The number of hydrogen-bond donors (Lipinski definition) is 0. The molecule has 0 bridgehead atoms. The molecular weight excluding hydrogens is 344 g/mol. The first kappa shape index (κ1) is 19.2. The molecule has 1 fully saturated rings. The van der Waals surface area contributed by atoms with Crippen LogP contribution >= 0.6 is 0 Å². The molecule has 146 valence electrons. The minimum absolute atomic E-state index is 0.115. The second kappa shape index (κ2) is 7.58. The number of aromatic nitrogens is 2. The summed E-state index contributed by atoms with van der Waals surface area (Å²) in [6.07, 6.45) is 2.77. The number of carbonyl (C=O) groups excluding carboxylic acids is 2. The smallest absolute Gasteiger partial charge is 0.410 e. The molecule has 0 radical (unpaired) electrons. The van der Waals surface area contributed by atoms with Crippen molar-refractivity contribution in [2.45, 2.75) is 46.1 Å². The highest BCUT2D eigenvalue weighted by molar-refractivity contribution is 5.77. The summed E-state index contributed by atoms with van der Waals surface area (Å²) in [5, 5.41) is 0. The Bertz CT molecular complexity index is 829.